The Hall–Kier alpha value is -0.120. The van der Waals surface area contributed by atoms with Crippen LogP contribution in [0.4, 0.5) is 0 Å². The van der Waals surface area contributed by atoms with Crippen molar-refractivity contribution in [1.82, 2.24) is 15.5 Å². The summed E-state index contributed by atoms with van der Waals surface area (Å²) in [7, 11) is 2.28. The Morgan fingerprint density at radius 2 is 2.31 bits per heavy atom. The molecule has 94 valence electrons. The van der Waals surface area contributed by atoms with E-state index in [1.807, 2.05) is 0 Å². The van der Waals surface area contributed by atoms with E-state index in [2.05, 4.69) is 29.5 Å². The summed E-state index contributed by atoms with van der Waals surface area (Å²) in [6.07, 6.45) is 6.79. The number of hydrogen-bond acceptors (Lipinski definition) is 3. The molecule has 0 amide bonds. The maximum absolute atomic E-state index is 3.74. The molecule has 2 rings (SSSR count). The van der Waals surface area contributed by atoms with E-state index < -0.39 is 0 Å². The fourth-order valence-electron chi connectivity index (χ4n) is 3.02. The molecule has 2 atom stereocenters. The van der Waals surface area contributed by atoms with Gasteiger partial charge in [-0.2, -0.15) is 0 Å². The first-order chi connectivity index (χ1) is 7.70. The lowest BCUT2D eigenvalue weighted by Crippen LogP contribution is -2.46. The lowest BCUT2D eigenvalue weighted by Gasteiger charge is -2.34. The second-order valence-corrected chi connectivity index (χ2v) is 5.83. The number of piperidine rings is 1. The van der Waals surface area contributed by atoms with E-state index in [1.165, 1.54) is 51.7 Å². The summed E-state index contributed by atoms with van der Waals surface area (Å²) in [5.41, 5.74) is 0.354. The molecule has 3 nitrogen and oxygen atoms in total. The summed E-state index contributed by atoms with van der Waals surface area (Å²) in [4.78, 5) is 2.54. The van der Waals surface area contributed by atoms with Gasteiger partial charge in [-0.3, -0.25) is 0 Å². The van der Waals surface area contributed by atoms with E-state index in [0.29, 0.717) is 5.54 Å². The first-order valence-corrected chi connectivity index (χ1v) is 6.86. The van der Waals surface area contributed by atoms with Gasteiger partial charge in [0.1, 0.15) is 0 Å². The minimum Gasteiger partial charge on any atom is -0.315 e. The maximum atomic E-state index is 3.74. The third-order valence-corrected chi connectivity index (χ3v) is 4.32. The molecule has 2 fully saturated rings. The van der Waals surface area contributed by atoms with E-state index in [4.69, 9.17) is 0 Å². The molecule has 2 saturated heterocycles. The Kier molecular flexibility index (Phi) is 4.22. The summed E-state index contributed by atoms with van der Waals surface area (Å²) < 4.78 is 0. The second-order valence-electron chi connectivity index (χ2n) is 5.83. The highest BCUT2D eigenvalue weighted by atomic mass is 15.1. The smallest absolute Gasteiger partial charge is 0.0289 e. The van der Waals surface area contributed by atoms with E-state index in [0.717, 1.165) is 12.6 Å². The predicted octanol–water partition coefficient (Wildman–Crippen LogP) is 1.20. The van der Waals surface area contributed by atoms with Gasteiger partial charge >= 0.3 is 0 Å². The van der Waals surface area contributed by atoms with Crippen LogP contribution in [0.1, 0.15) is 39.0 Å². The van der Waals surface area contributed by atoms with Crippen molar-refractivity contribution in [3.63, 3.8) is 0 Å². The first kappa shape index (κ1) is 12.3. The lowest BCUT2D eigenvalue weighted by atomic mass is 9.98. The Morgan fingerprint density at radius 3 is 3.00 bits per heavy atom. The third-order valence-electron chi connectivity index (χ3n) is 4.32. The molecule has 2 unspecified atom stereocenters. The standard InChI is InChI=1S/C13H27N3/c1-13(7-9-14-11-13)15-8-6-12-5-3-4-10-16(12)2/h12,14-15H,3-11H2,1-2H3. The van der Waals surface area contributed by atoms with E-state index >= 15 is 0 Å². The zero-order chi connectivity index (χ0) is 11.4. The normalized spacial score (nSPS) is 36.8. The minimum atomic E-state index is 0.354. The third kappa shape index (κ3) is 3.19. The molecule has 0 spiro atoms. The molecule has 0 saturated carbocycles. The van der Waals surface area contributed by atoms with Crippen molar-refractivity contribution in [3.8, 4) is 0 Å². The fraction of sp³-hybridized carbons (Fsp3) is 1.00. The van der Waals surface area contributed by atoms with Crippen molar-refractivity contribution in [2.75, 3.05) is 33.2 Å². The predicted molar refractivity (Wildman–Crippen MR) is 68.8 cm³/mol. The van der Waals surface area contributed by atoms with Crippen LogP contribution in [0, 0.1) is 0 Å². The van der Waals surface area contributed by atoms with Crippen LogP contribution in [-0.4, -0.2) is 49.7 Å². The molecule has 16 heavy (non-hydrogen) atoms. The molecule has 0 aromatic carbocycles. The van der Waals surface area contributed by atoms with Gasteiger partial charge in [-0.05, 0) is 59.3 Å². The topological polar surface area (TPSA) is 27.3 Å². The van der Waals surface area contributed by atoms with Crippen LogP contribution in [0.15, 0.2) is 0 Å². The quantitative estimate of drug-likeness (QED) is 0.753. The highest BCUT2D eigenvalue weighted by molar-refractivity contribution is 4.91. The Morgan fingerprint density at radius 1 is 1.44 bits per heavy atom. The second kappa shape index (κ2) is 5.48. The number of nitrogens with one attached hydrogen (secondary N) is 2. The van der Waals surface area contributed by atoms with Crippen LogP contribution in [0.3, 0.4) is 0 Å². The Bertz CT molecular complexity index is 211. The van der Waals surface area contributed by atoms with Crippen LogP contribution in [0.5, 0.6) is 0 Å². The molecular formula is C13H27N3. The van der Waals surface area contributed by atoms with Crippen molar-refractivity contribution in [2.24, 2.45) is 0 Å². The van der Waals surface area contributed by atoms with Crippen LogP contribution < -0.4 is 10.6 Å². The van der Waals surface area contributed by atoms with Gasteiger partial charge in [-0.25, -0.2) is 0 Å². The monoisotopic (exact) mass is 225 g/mol. The number of rotatable bonds is 4. The van der Waals surface area contributed by atoms with Crippen molar-refractivity contribution < 1.29 is 0 Å². The molecule has 3 heteroatoms. The first-order valence-electron chi connectivity index (χ1n) is 6.86. The van der Waals surface area contributed by atoms with E-state index in [-0.39, 0.29) is 0 Å². The van der Waals surface area contributed by atoms with Crippen LogP contribution in [-0.2, 0) is 0 Å². The molecule has 0 aromatic rings. The van der Waals surface area contributed by atoms with Crippen LogP contribution in [0.2, 0.25) is 0 Å². The highest BCUT2D eigenvalue weighted by Gasteiger charge is 2.28. The van der Waals surface area contributed by atoms with Gasteiger partial charge in [-0.1, -0.05) is 6.42 Å². The van der Waals surface area contributed by atoms with Crippen molar-refractivity contribution in [3.05, 3.63) is 0 Å². The Labute approximate surface area is 100.0 Å². The summed E-state index contributed by atoms with van der Waals surface area (Å²) >= 11 is 0. The molecule has 2 aliphatic heterocycles. The number of likely N-dealkylation sites (tertiary alicyclic amines) is 1. The van der Waals surface area contributed by atoms with Gasteiger partial charge in [0.2, 0.25) is 0 Å². The summed E-state index contributed by atoms with van der Waals surface area (Å²) in [5.74, 6) is 0. The van der Waals surface area contributed by atoms with Crippen molar-refractivity contribution in [2.45, 2.75) is 50.6 Å². The highest BCUT2D eigenvalue weighted by Crippen LogP contribution is 2.18. The average molecular weight is 225 g/mol. The molecule has 0 radical (unpaired) electrons. The lowest BCUT2D eigenvalue weighted by molar-refractivity contribution is 0.172. The van der Waals surface area contributed by atoms with Crippen molar-refractivity contribution >= 4 is 0 Å². The van der Waals surface area contributed by atoms with Gasteiger partial charge in [0.05, 0.1) is 0 Å². The molecule has 2 aliphatic rings. The number of nitrogens with zero attached hydrogens (tertiary/aromatic N) is 1. The van der Waals surface area contributed by atoms with Gasteiger partial charge in [0, 0.05) is 18.1 Å². The van der Waals surface area contributed by atoms with Crippen molar-refractivity contribution in [1.29, 1.82) is 0 Å². The molecule has 0 aromatic heterocycles. The number of hydrogen-bond donors (Lipinski definition) is 2. The molecule has 2 heterocycles. The van der Waals surface area contributed by atoms with E-state index in [1.54, 1.807) is 0 Å². The summed E-state index contributed by atoms with van der Waals surface area (Å²) in [6.45, 7) is 7.12. The Balaban J connectivity index is 1.66. The summed E-state index contributed by atoms with van der Waals surface area (Å²) in [6, 6.07) is 0.819. The molecule has 0 bridgehead atoms. The van der Waals surface area contributed by atoms with Crippen LogP contribution in [0.25, 0.3) is 0 Å². The van der Waals surface area contributed by atoms with Gasteiger partial charge in [-0.15, -0.1) is 0 Å². The van der Waals surface area contributed by atoms with Gasteiger partial charge in [0.15, 0.2) is 0 Å². The molecule has 2 N–H and O–H groups in total. The van der Waals surface area contributed by atoms with E-state index in [9.17, 15) is 0 Å². The largest absolute Gasteiger partial charge is 0.315 e. The minimum absolute atomic E-state index is 0.354. The fourth-order valence-corrected chi connectivity index (χ4v) is 3.02. The van der Waals surface area contributed by atoms with Crippen LogP contribution >= 0.6 is 0 Å². The molecule has 0 aliphatic carbocycles. The van der Waals surface area contributed by atoms with Gasteiger partial charge < -0.3 is 15.5 Å². The zero-order valence-corrected chi connectivity index (χ0v) is 10.9. The summed E-state index contributed by atoms with van der Waals surface area (Å²) in [5, 5.41) is 7.17. The zero-order valence-electron chi connectivity index (χ0n) is 10.9. The average Bonchev–Trinajstić information content (AvgIpc) is 2.68. The maximum Gasteiger partial charge on any atom is 0.0289 e. The van der Waals surface area contributed by atoms with Gasteiger partial charge in [0.25, 0.3) is 0 Å². The molecular weight excluding hydrogens is 198 g/mol. The SMILES string of the molecule is CN1CCCCC1CCNC1(C)CCNC1.